The lowest BCUT2D eigenvalue weighted by Gasteiger charge is -2.20. The monoisotopic (exact) mass is 465 g/mol. The summed E-state index contributed by atoms with van der Waals surface area (Å²) in [4.78, 5) is 24.7. The van der Waals surface area contributed by atoms with E-state index >= 15 is 0 Å². The minimum atomic E-state index is -0.457. The number of amides is 2. The van der Waals surface area contributed by atoms with Crippen LogP contribution in [-0.2, 0) is 12.0 Å². The number of aliphatic hydroxyl groups excluding tert-OH is 1. The molecule has 34 heavy (non-hydrogen) atoms. The number of aromatic nitrogens is 3. The lowest BCUT2D eigenvalue weighted by atomic mass is 9.87. The largest absolute Gasteiger partial charge is 0.487 e. The zero-order valence-corrected chi connectivity index (χ0v) is 20.0. The van der Waals surface area contributed by atoms with Crippen LogP contribution in [0.25, 0.3) is 5.69 Å². The Kier molecular flexibility index (Phi) is 8.01. The van der Waals surface area contributed by atoms with Crippen molar-refractivity contribution in [1.82, 2.24) is 25.6 Å². The van der Waals surface area contributed by atoms with Crippen LogP contribution in [0.15, 0.2) is 48.5 Å². The third-order valence-electron chi connectivity index (χ3n) is 5.16. The summed E-state index contributed by atoms with van der Waals surface area (Å²) in [6, 6.07) is 14.6. The molecule has 1 aromatic heterocycles. The smallest absolute Gasteiger partial charge is 0.274 e. The molecule has 9 nitrogen and oxygen atoms in total. The molecule has 2 amide bonds. The molecule has 0 radical (unpaired) electrons. The van der Waals surface area contributed by atoms with Gasteiger partial charge in [0.25, 0.3) is 11.8 Å². The number of ether oxygens (including phenoxy) is 1. The van der Waals surface area contributed by atoms with Gasteiger partial charge in [0.1, 0.15) is 18.1 Å². The molecule has 3 N–H and O–H groups in total. The molecular weight excluding hydrogens is 434 g/mol. The van der Waals surface area contributed by atoms with Crippen molar-refractivity contribution < 1.29 is 19.4 Å². The van der Waals surface area contributed by atoms with Crippen LogP contribution in [-0.4, -0.2) is 51.6 Å². The maximum absolute atomic E-state index is 12.6. The molecule has 0 aliphatic rings. The second kappa shape index (κ2) is 10.9. The number of aliphatic hydroxyl groups is 1. The predicted molar refractivity (Wildman–Crippen MR) is 128 cm³/mol. The van der Waals surface area contributed by atoms with Crippen LogP contribution in [0.5, 0.6) is 5.75 Å². The first kappa shape index (κ1) is 24.9. The number of benzene rings is 2. The van der Waals surface area contributed by atoms with Crippen molar-refractivity contribution in [3.05, 3.63) is 71.0 Å². The van der Waals surface area contributed by atoms with Crippen molar-refractivity contribution in [3.63, 3.8) is 0 Å². The Morgan fingerprint density at radius 2 is 1.79 bits per heavy atom. The molecule has 0 saturated carbocycles. The summed E-state index contributed by atoms with van der Waals surface area (Å²) in [5, 5.41) is 22.6. The Morgan fingerprint density at radius 3 is 2.44 bits per heavy atom. The summed E-state index contributed by atoms with van der Waals surface area (Å²) >= 11 is 0. The van der Waals surface area contributed by atoms with Crippen molar-refractivity contribution in [2.75, 3.05) is 19.7 Å². The average Bonchev–Trinajstić information content (AvgIpc) is 3.25. The highest BCUT2D eigenvalue weighted by molar-refractivity contribution is 5.94. The summed E-state index contributed by atoms with van der Waals surface area (Å²) in [7, 11) is 0. The van der Waals surface area contributed by atoms with Crippen molar-refractivity contribution in [3.8, 4) is 11.4 Å². The van der Waals surface area contributed by atoms with Gasteiger partial charge in [-0.25, -0.2) is 4.68 Å². The van der Waals surface area contributed by atoms with Crippen LogP contribution in [0.4, 0.5) is 0 Å². The molecule has 0 atom stereocenters. The first-order chi connectivity index (χ1) is 16.2. The molecule has 0 saturated heterocycles. The minimum Gasteiger partial charge on any atom is -0.487 e. The fourth-order valence-electron chi connectivity index (χ4n) is 3.29. The van der Waals surface area contributed by atoms with E-state index in [1.54, 1.807) is 24.3 Å². The van der Waals surface area contributed by atoms with E-state index in [-0.39, 0.29) is 36.8 Å². The number of nitrogens with zero attached hydrogens (tertiary/aromatic N) is 3. The summed E-state index contributed by atoms with van der Waals surface area (Å²) in [5.74, 6) is 0.0359. The Labute approximate surface area is 199 Å². The Hall–Kier alpha value is -3.72. The molecule has 2 aromatic carbocycles. The second-order valence-corrected chi connectivity index (χ2v) is 8.75. The summed E-state index contributed by atoms with van der Waals surface area (Å²) in [5.41, 5.74) is 2.78. The molecule has 0 spiro atoms. The normalized spacial score (nSPS) is 11.2. The number of carbonyl (C=O) groups is 2. The molecular formula is C25H31N5O4. The molecule has 0 unspecified atom stereocenters. The standard InChI is InChI=1S/C25H31N5O4/c1-5-26-23(32)17-9-11-19(12-10-17)30-21(22(28-29-30)24(33)27-13-14-31)16-34-20-8-6-7-18(15-20)25(2,3)4/h6-12,15,31H,5,13-14,16H2,1-4H3,(H,26,32)(H,27,33). The van der Waals surface area contributed by atoms with Crippen molar-refractivity contribution in [2.24, 2.45) is 0 Å². The van der Waals surface area contributed by atoms with E-state index < -0.39 is 5.91 Å². The van der Waals surface area contributed by atoms with Crippen LogP contribution in [0.1, 0.15) is 59.8 Å². The Morgan fingerprint density at radius 1 is 1.06 bits per heavy atom. The van der Waals surface area contributed by atoms with E-state index in [4.69, 9.17) is 9.84 Å². The average molecular weight is 466 g/mol. The molecule has 0 aliphatic heterocycles. The van der Waals surface area contributed by atoms with Crippen LogP contribution in [0.2, 0.25) is 0 Å². The number of hydrogen-bond donors (Lipinski definition) is 3. The highest BCUT2D eigenvalue weighted by Crippen LogP contribution is 2.26. The topological polar surface area (TPSA) is 118 Å². The van der Waals surface area contributed by atoms with E-state index in [9.17, 15) is 9.59 Å². The highest BCUT2D eigenvalue weighted by Gasteiger charge is 2.22. The van der Waals surface area contributed by atoms with Gasteiger partial charge in [0.15, 0.2) is 5.69 Å². The van der Waals surface area contributed by atoms with E-state index in [0.29, 0.717) is 29.2 Å². The van der Waals surface area contributed by atoms with Gasteiger partial charge in [-0.15, -0.1) is 5.10 Å². The van der Waals surface area contributed by atoms with Crippen LogP contribution >= 0.6 is 0 Å². The third kappa shape index (κ3) is 5.99. The molecule has 3 rings (SSSR count). The zero-order chi connectivity index (χ0) is 24.7. The minimum absolute atomic E-state index is 0.0378. The number of nitrogens with one attached hydrogen (secondary N) is 2. The molecule has 0 aliphatic carbocycles. The van der Waals surface area contributed by atoms with Crippen LogP contribution < -0.4 is 15.4 Å². The van der Waals surface area contributed by atoms with E-state index in [2.05, 4.69) is 41.7 Å². The van der Waals surface area contributed by atoms with Gasteiger partial charge in [0.2, 0.25) is 0 Å². The number of carbonyl (C=O) groups excluding carboxylic acids is 2. The van der Waals surface area contributed by atoms with Gasteiger partial charge in [0.05, 0.1) is 12.3 Å². The van der Waals surface area contributed by atoms with Gasteiger partial charge < -0.3 is 20.5 Å². The van der Waals surface area contributed by atoms with Gasteiger partial charge in [-0.1, -0.05) is 38.1 Å². The van der Waals surface area contributed by atoms with E-state index in [0.717, 1.165) is 5.56 Å². The number of rotatable bonds is 9. The quantitative estimate of drug-likeness (QED) is 0.447. The van der Waals surface area contributed by atoms with E-state index in [1.807, 2.05) is 31.2 Å². The van der Waals surface area contributed by atoms with Gasteiger partial charge in [0, 0.05) is 18.7 Å². The predicted octanol–water partition coefficient (Wildman–Crippen LogP) is 2.62. The first-order valence-electron chi connectivity index (χ1n) is 11.2. The van der Waals surface area contributed by atoms with Gasteiger partial charge in [-0.3, -0.25) is 9.59 Å². The lowest BCUT2D eigenvalue weighted by Crippen LogP contribution is -2.28. The summed E-state index contributed by atoms with van der Waals surface area (Å²) in [6.45, 7) is 8.72. The van der Waals surface area contributed by atoms with Crippen LogP contribution in [0, 0.1) is 0 Å². The van der Waals surface area contributed by atoms with Crippen molar-refractivity contribution >= 4 is 11.8 Å². The summed E-state index contributed by atoms with van der Waals surface area (Å²) < 4.78 is 7.56. The lowest BCUT2D eigenvalue weighted by molar-refractivity contribution is 0.0934. The summed E-state index contributed by atoms with van der Waals surface area (Å²) in [6.07, 6.45) is 0. The van der Waals surface area contributed by atoms with Crippen molar-refractivity contribution in [1.29, 1.82) is 0 Å². The molecule has 0 bridgehead atoms. The zero-order valence-electron chi connectivity index (χ0n) is 20.0. The molecule has 0 fully saturated rings. The van der Waals surface area contributed by atoms with Gasteiger partial charge in [-0.05, 0) is 54.3 Å². The molecule has 180 valence electrons. The van der Waals surface area contributed by atoms with E-state index in [1.165, 1.54) is 4.68 Å². The molecule has 1 heterocycles. The maximum Gasteiger partial charge on any atom is 0.274 e. The van der Waals surface area contributed by atoms with Gasteiger partial charge >= 0.3 is 0 Å². The van der Waals surface area contributed by atoms with Crippen molar-refractivity contribution in [2.45, 2.75) is 39.7 Å². The second-order valence-electron chi connectivity index (χ2n) is 8.75. The van der Waals surface area contributed by atoms with Gasteiger partial charge in [-0.2, -0.15) is 0 Å². The first-order valence-corrected chi connectivity index (χ1v) is 11.2. The molecule has 9 heteroatoms. The SMILES string of the molecule is CCNC(=O)c1ccc(-n2nnc(C(=O)NCCO)c2COc2cccc(C(C)(C)C)c2)cc1. The maximum atomic E-state index is 12.6. The van der Waals surface area contributed by atoms with Crippen LogP contribution in [0.3, 0.4) is 0 Å². The third-order valence-corrected chi connectivity index (χ3v) is 5.16. The fourth-order valence-corrected chi connectivity index (χ4v) is 3.29. The Balaban J connectivity index is 1.91. The number of hydrogen-bond acceptors (Lipinski definition) is 6. The fraction of sp³-hybridized carbons (Fsp3) is 0.360. The molecule has 3 aromatic rings. The Bertz CT molecular complexity index is 1130. The highest BCUT2D eigenvalue weighted by atomic mass is 16.5.